The van der Waals surface area contributed by atoms with Crippen molar-refractivity contribution in [2.75, 3.05) is 18.4 Å². The number of hydrogen-bond donors (Lipinski definition) is 2. The summed E-state index contributed by atoms with van der Waals surface area (Å²) in [6.45, 7) is 7.27. The van der Waals surface area contributed by atoms with Crippen molar-refractivity contribution in [3.8, 4) is 0 Å². The van der Waals surface area contributed by atoms with E-state index in [-0.39, 0.29) is 6.09 Å². The van der Waals surface area contributed by atoms with Crippen molar-refractivity contribution in [2.24, 2.45) is 0 Å². The molecule has 118 valence electrons. The van der Waals surface area contributed by atoms with Gasteiger partial charge in [-0.3, -0.25) is 0 Å². The van der Waals surface area contributed by atoms with E-state index in [1.807, 2.05) is 39.0 Å². The van der Waals surface area contributed by atoms with Gasteiger partial charge < -0.3 is 15.4 Å². The van der Waals surface area contributed by atoms with Crippen molar-refractivity contribution >= 4 is 11.8 Å². The van der Waals surface area contributed by atoms with Crippen LogP contribution < -0.4 is 10.6 Å². The molecule has 2 N–H and O–H groups in total. The molecule has 4 nitrogen and oxygen atoms in total. The number of amides is 1. The van der Waals surface area contributed by atoms with Gasteiger partial charge in [-0.25, -0.2) is 4.79 Å². The van der Waals surface area contributed by atoms with Crippen molar-refractivity contribution in [3.05, 3.63) is 30.3 Å². The summed E-state index contributed by atoms with van der Waals surface area (Å²) >= 11 is 0. The predicted molar refractivity (Wildman–Crippen MR) is 87.6 cm³/mol. The van der Waals surface area contributed by atoms with E-state index in [1.165, 1.54) is 5.69 Å². The first-order valence-electron chi connectivity index (χ1n) is 7.73. The van der Waals surface area contributed by atoms with Gasteiger partial charge in [-0.1, -0.05) is 31.0 Å². The van der Waals surface area contributed by atoms with Gasteiger partial charge in [0.15, 0.2) is 0 Å². The number of benzene rings is 1. The molecule has 0 aliphatic carbocycles. The monoisotopic (exact) mass is 292 g/mol. The summed E-state index contributed by atoms with van der Waals surface area (Å²) in [5, 5.41) is 6.17. The molecule has 0 heterocycles. The quantitative estimate of drug-likeness (QED) is 0.707. The smallest absolute Gasteiger partial charge is 0.407 e. The minimum Gasteiger partial charge on any atom is -0.444 e. The van der Waals surface area contributed by atoms with Crippen LogP contribution in [0, 0.1) is 0 Å². The highest BCUT2D eigenvalue weighted by Gasteiger charge is 2.15. The van der Waals surface area contributed by atoms with Crippen molar-refractivity contribution in [1.82, 2.24) is 5.32 Å². The van der Waals surface area contributed by atoms with E-state index in [4.69, 9.17) is 4.74 Å². The lowest BCUT2D eigenvalue weighted by Gasteiger charge is -2.19. The van der Waals surface area contributed by atoms with Crippen molar-refractivity contribution in [3.63, 3.8) is 0 Å². The fourth-order valence-electron chi connectivity index (χ4n) is 1.90. The molecule has 4 heteroatoms. The molecule has 0 bridgehead atoms. The van der Waals surface area contributed by atoms with Crippen LogP contribution in [-0.4, -0.2) is 24.8 Å². The number of rotatable bonds is 8. The van der Waals surface area contributed by atoms with E-state index >= 15 is 0 Å². The number of nitrogens with one attached hydrogen (secondary N) is 2. The van der Waals surface area contributed by atoms with E-state index in [2.05, 4.69) is 22.8 Å². The molecule has 0 saturated heterocycles. The summed E-state index contributed by atoms with van der Waals surface area (Å²) in [5.41, 5.74) is 0.747. The van der Waals surface area contributed by atoms with Crippen molar-refractivity contribution in [1.29, 1.82) is 0 Å². The zero-order chi connectivity index (χ0) is 15.6. The molecule has 0 radical (unpaired) electrons. The molecular weight excluding hydrogens is 264 g/mol. The average molecular weight is 292 g/mol. The molecule has 1 aromatic carbocycles. The highest BCUT2D eigenvalue weighted by molar-refractivity contribution is 5.67. The second-order valence-corrected chi connectivity index (χ2v) is 6.14. The Balaban J connectivity index is 1.92. The van der Waals surface area contributed by atoms with E-state index in [1.54, 1.807) is 0 Å². The number of carbonyl (C=O) groups is 1. The van der Waals surface area contributed by atoms with Crippen molar-refractivity contribution in [2.45, 2.75) is 52.1 Å². The summed E-state index contributed by atoms with van der Waals surface area (Å²) < 4.78 is 5.17. The number of anilines is 1. The molecule has 21 heavy (non-hydrogen) atoms. The van der Waals surface area contributed by atoms with E-state index < -0.39 is 5.60 Å². The molecule has 1 amide bonds. The Morgan fingerprint density at radius 1 is 1.00 bits per heavy atom. The highest BCUT2D eigenvalue weighted by atomic mass is 16.6. The normalized spacial score (nSPS) is 11.0. The van der Waals surface area contributed by atoms with Crippen LogP contribution in [0.25, 0.3) is 0 Å². The predicted octanol–water partition coefficient (Wildman–Crippen LogP) is 4.18. The standard InChI is InChI=1S/C17H28N2O2/c1-17(2,3)21-16(20)19-14-10-5-4-9-13-18-15-11-7-6-8-12-15/h6-8,11-12,18H,4-5,9-10,13-14H2,1-3H3,(H,19,20). The first-order chi connectivity index (χ1) is 9.97. The number of carbonyl (C=O) groups excluding carboxylic acids is 1. The second kappa shape index (κ2) is 9.27. The molecule has 0 atom stereocenters. The number of unbranched alkanes of at least 4 members (excludes halogenated alkanes) is 3. The number of para-hydroxylation sites is 1. The summed E-state index contributed by atoms with van der Waals surface area (Å²) in [6, 6.07) is 10.2. The van der Waals surface area contributed by atoms with Gasteiger partial charge in [-0.15, -0.1) is 0 Å². The van der Waals surface area contributed by atoms with E-state index in [9.17, 15) is 4.79 Å². The lowest BCUT2D eigenvalue weighted by atomic mass is 10.2. The van der Waals surface area contributed by atoms with Crippen molar-refractivity contribution < 1.29 is 9.53 Å². The molecule has 0 unspecified atom stereocenters. The van der Waals surface area contributed by atoms with Crippen LogP contribution in [0.2, 0.25) is 0 Å². The molecule has 0 spiro atoms. The topological polar surface area (TPSA) is 50.4 Å². The molecule has 0 fully saturated rings. The van der Waals surface area contributed by atoms with Crippen LogP contribution in [0.1, 0.15) is 46.5 Å². The highest BCUT2D eigenvalue weighted by Crippen LogP contribution is 2.07. The second-order valence-electron chi connectivity index (χ2n) is 6.14. The molecule has 0 aromatic heterocycles. The van der Waals surface area contributed by atoms with Crippen LogP contribution in [0.15, 0.2) is 30.3 Å². The Hall–Kier alpha value is -1.71. The molecular formula is C17H28N2O2. The van der Waals surface area contributed by atoms with E-state index in [0.717, 1.165) is 32.2 Å². The molecule has 0 saturated carbocycles. The average Bonchev–Trinajstić information content (AvgIpc) is 2.41. The first-order valence-corrected chi connectivity index (χ1v) is 7.73. The van der Waals surface area contributed by atoms with Crippen LogP contribution in [0.3, 0.4) is 0 Å². The van der Waals surface area contributed by atoms with Crippen LogP contribution in [0.4, 0.5) is 10.5 Å². The maximum absolute atomic E-state index is 11.4. The fraction of sp³-hybridized carbons (Fsp3) is 0.588. The minimum atomic E-state index is -0.423. The number of hydrogen-bond acceptors (Lipinski definition) is 3. The van der Waals surface area contributed by atoms with Gasteiger partial charge in [-0.05, 0) is 45.7 Å². The van der Waals surface area contributed by atoms with Gasteiger partial charge in [0.05, 0.1) is 0 Å². The summed E-state index contributed by atoms with van der Waals surface area (Å²) in [6.07, 6.45) is 4.09. The minimum absolute atomic E-state index is 0.326. The molecule has 0 aliphatic rings. The molecule has 0 aliphatic heterocycles. The van der Waals surface area contributed by atoms with Crippen LogP contribution >= 0.6 is 0 Å². The Morgan fingerprint density at radius 2 is 1.62 bits per heavy atom. The SMILES string of the molecule is CC(C)(C)OC(=O)NCCCCCCNc1ccccc1. The number of ether oxygens (including phenoxy) is 1. The molecule has 1 aromatic rings. The van der Waals surface area contributed by atoms with Gasteiger partial charge in [0.25, 0.3) is 0 Å². The van der Waals surface area contributed by atoms with Crippen LogP contribution in [-0.2, 0) is 4.74 Å². The summed E-state index contributed by atoms with van der Waals surface area (Å²) in [5.74, 6) is 0. The maximum Gasteiger partial charge on any atom is 0.407 e. The van der Waals surface area contributed by atoms with Crippen LogP contribution in [0.5, 0.6) is 0 Å². The summed E-state index contributed by atoms with van der Waals surface area (Å²) in [4.78, 5) is 11.4. The fourth-order valence-corrected chi connectivity index (χ4v) is 1.90. The largest absolute Gasteiger partial charge is 0.444 e. The Kier molecular flexibility index (Phi) is 7.65. The Morgan fingerprint density at radius 3 is 2.24 bits per heavy atom. The third-order valence-electron chi connectivity index (χ3n) is 2.87. The first kappa shape index (κ1) is 17.3. The van der Waals surface area contributed by atoms with Gasteiger partial charge >= 0.3 is 6.09 Å². The third kappa shape index (κ3) is 9.77. The van der Waals surface area contributed by atoms with Gasteiger partial charge in [0.1, 0.15) is 5.60 Å². The zero-order valence-electron chi connectivity index (χ0n) is 13.4. The van der Waals surface area contributed by atoms with Gasteiger partial charge in [-0.2, -0.15) is 0 Å². The Labute approximate surface area is 128 Å². The number of alkyl carbamates (subject to hydrolysis) is 1. The molecule has 1 rings (SSSR count). The van der Waals surface area contributed by atoms with Gasteiger partial charge in [0, 0.05) is 18.8 Å². The third-order valence-corrected chi connectivity index (χ3v) is 2.87. The van der Waals surface area contributed by atoms with Gasteiger partial charge in [0.2, 0.25) is 0 Å². The van der Waals surface area contributed by atoms with E-state index in [0.29, 0.717) is 6.54 Å². The lowest BCUT2D eigenvalue weighted by molar-refractivity contribution is 0.0527. The lowest BCUT2D eigenvalue weighted by Crippen LogP contribution is -2.32. The zero-order valence-corrected chi connectivity index (χ0v) is 13.4. The summed E-state index contributed by atoms with van der Waals surface area (Å²) in [7, 11) is 0. The Bertz CT molecular complexity index is 399. The maximum atomic E-state index is 11.4.